The molecular formula is C13H21N9O6. The van der Waals surface area contributed by atoms with Crippen molar-refractivity contribution < 1.29 is 29.9 Å². The summed E-state index contributed by atoms with van der Waals surface area (Å²) in [5.41, 5.74) is 26.2. The summed E-state index contributed by atoms with van der Waals surface area (Å²) in [6.45, 7) is 1.03. The van der Waals surface area contributed by atoms with E-state index in [1.807, 2.05) is 0 Å². The second-order valence-electron chi connectivity index (χ2n) is 6.63. The summed E-state index contributed by atoms with van der Waals surface area (Å²) in [6.07, 6.45) is -7.95. The van der Waals surface area contributed by atoms with Crippen molar-refractivity contribution in [2.45, 2.75) is 68.3 Å². The van der Waals surface area contributed by atoms with Crippen LogP contribution in [0.15, 0.2) is 15.3 Å². The fourth-order valence-corrected chi connectivity index (χ4v) is 3.46. The highest BCUT2D eigenvalue weighted by molar-refractivity contribution is 5.01. The summed E-state index contributed by atoms with van der Waals surface area (Å²) in [7, 11) is 0. The highest BCUT2D eigenvalue weighted by Crippen LogP contribution is 2.34. The highest BCUT2D eigenvalue weighted by atomic mass is 16.7. The molecule has 1 aliphatic heterocycles. The molecule has 0 radical (unpaired) electrons. The van der Waals surface area contributed by atoms with E-state index in [1.54, 1.807) is 6.92 Å². The molecule has 10 atom stereocenters. The fraction of sp³-hybridized carbons (Fsp3) is 1.00. The standard InChI is InChI=1S/C13H21N9O6/c1-4-8(19-22-16)13(27-7(3-23)9(4)24)28-12-6(18-21-15)2-5(17-20-14)10(25)11(12)26/h4-13,23-26H,2-3H2,1H3/t4-,5-,6?,7?,8?,9+,10?,11-,12-,13-/m1/s1. The summed E-state index contributed by atoms with van der Waals surface area (Å²) in [5, 5.41) is 50.6. The van der Waals surface area contributed by atoms with Gasteiger partial charge in [0.05, 0.1) is 43.0 Å². The van der Waals surface area contributed by atoms with Crippen LogP contribution < -0.4 is 0 Å². The molecule has 4 unspecified atom stereocenters. The third kappa shape index (κ3) is 4.39. The lowest BCUT2D eigenvalue weighted by Gasteiger charge is -2.45. The Labute approximate surface area is 158 Å². The minimum Gasteiger partial charge on any atom is -0.394 e. The SMILES string of the molecule is C[C@@H]1C(N=[N+]=[N-])[C@@H](O[C@@H]2C(N=[N+]=[N-])C[C@@H](N=[N+]=[N-])C(O)[C@H]2O)OC(CO)[C@H]1O. The topological polar surface area (TPSA) is 246 Å². The van der Waals surface area contributed by atoms with Crippen molar-refractivity contribution in [3.05, 3.63) is 31.3 Å². The first-order valence-electron chi connectivity index (χ1n) is 8.48. The first kappa shape index (κ1) is 22.0. The lowest BCUT2D eigenvalue weighted by molar-refractivity contribution is -0.284. The van der Waals surface area contributed by atoms with E-state index in [4.69, 9.17) is 26.1 Å². The maximum absolute atomic E-state index is 10.4. The molecule has 4 N–H and O–H groups in total. The Morgan fingerprint density at radius 1 is 0.964 bits per heavy atom. The Balaban J connectivity index is 2.31. The number of ether oxygens (including phenoxy) is 2. The molecule has 0 spiro atoms. The normalized spacial score (nSPS) is 43.2. The Bertz CT molecular complexity index is 692. The van der Waals surface area contributed by atoms with Crippen LogP contribution in [0, 0.1) is 5.92 Å². The van der Waals surface area contributed by atoms with E-state index in [2.05, 4.69) is 30.1 Å². The second kappa shape index (κ2) is 9.75. The van der Waals surface area contributed by atoms with Crippen LogP contribution >= 0.6 is 0 Å². The van der Waals surface area contributed by atoms with Gasteiger partial charge in [-0.1, -0.05) is 22.3 Å². The molecule has 0 aromatic carbocycles. The molecule has 0 aromatic heterocycles. The summed E-state index contributed by atoms with van der Waals surface area (Å²) in [4.78, 5) is 7.99. The number of aliphatic hydroxyl groups excluding tert-OH is 4. The summed E-state index contributed by atoms with van der Waals surface area (Å²) in [6, 6.07) is -3.08. The molecule has 0 bridgehead atoms. The molecule has 15 heteroatoms. The largest absolute Gasteiger partial charge is 0.394 e. The molecule has 1 aliphatic carbocycles. The van der Waals surface area contributed by atoms with Crippen molar-refractivity contribution in [2.24, 2.45) is 21.3 Å². The van der Waals surface area contributed by atoms with E-state index in [0.717, 1.165) is 0 Å². The number of azide groups is 3. The number of nitrogens with zero attached hydrogens (tertiary/aromatic N) is 9. The molecular weight excluding hydrogens is 378 g/mol. The highest BCUT2D eigenvalue weighted by Gasteiger charge is 2.49. The fourth-order valence-electron chi connectivity index (χ4n) is 3.46. The van der Waals surface area contributed by atoms with Gasteiger partial charge in [-0.2, -0.15) is 0 Å². The molecule has 2 fully saturated rings. The van der Waals surface area contributed by atoms with Gasteiger partial charge in [-0.25, -0.2) is 0 Å². The Kier molecular flexibility index (Phi) is 7.66. The van der Waals surface area contributed by atoms with Gasteiger partial charge in [-0.05, 0) is 28.9 Å². The van der Waals surface area contributed by atoms with Gasteiger partial charge < -0.3 is 29.9 Å². The van der Waals surface area contributed by atoms with E-state index in [0.29, 0.717) is 0 Å². The second-order valence-corrected chi connectivity index (χ2v) is 6.63. The van der Waals surface area contributed by atoms with Crippen LogP contribution in [0.1, 0.15) is 13.3 Å². The quantitative estimate of drug-likeness (QED) is 0.276. The van der Waals surface area contributed by atoms with E-state index >= 15 is 0 Å². The molecule has 1 saturated carbocycles. The van der Waals surface area contributed by atoms with E-state index in [1.165, 1.54) is 0 Å². The van der Waals surface area contributed by atoms with Gasteiger partial charge in [0.25, 0.3) is 0 Å². The summed E-state index contributed by atoms with van der Waals surface area (Å²) < 4.78 is 11.2. The van der Waals surface area contributed by atoms with Crippen LogP contribution in [-0.4, -0.2) is 82.0 Å². The van der Waals surface area contributed by atoms with Gasteiger partial charge in [-0.3, -0.25) is 0 Å². The van der Waals surface area contributed by atoms with Gasteiger partial charge >= 0.3 is 0 Å². The van der Waals surface area contributed by atoms with Crippen molar-refractivity contribution in [1.29, 1.82) is 0 Å². The molecule has 1 saturated heterocycles. The van der Waals surface area contributed by atoms with Gasteiger partial charge in [-0.15, -0.1) is 0 Å². The van der Waals surface area contributed by atoms with Crippen LogP contribution in [0.2, 0.25) is 0 Å². The predicted octanol–water partition coefficient (Wildman–Crippen LogP) is 0.248. The number of aliphatic hydroxyl groups is 4. The maximum atomic E-state index is 10.4. The van der Waals surface area contributed by atoms with Crippen LogP contribution in [0.3, 0.4) is 0 Å². The Hall–Kier alpha value is -2.31. The van der Waals surface area contributed by atoms with Crippen molar-refractivity contribution in [2.75, 3.05) is 6.61 Å². The van der Waals surface area contributed by atoms with Gasteiger partial charge in [0.2, 0.25) is 0 Å². The average Bonchev–Trinajstić information content (AvgIpc) is 2.68. The molecule has 28 heavy (non-hydrogen) atoms. The zero-order valence-electron chi connectivity index (χ0n) is 14.8. The monoisotopic (exact) mass is 399 g/mol. The zero-order valence-corrected chi connectivity index (χ0v) is 14.8. The lowest BCUT2D eigenvalue weighted by Crippen LogP contribution is -2.60. The number of rotatable bonds is 6. The number of hydrogen-bond donors (Lipinski definition) is 4. The third-order valence-corrected chi connectivity index (χ3v) is 5.05. The molecule has 2 rings (SSSR count). The molecule has 1 heterocycles. The van der Waals surface area contributed by atoms with E-state index in [9.17, 15) is 20.4 Å². The van der Waals surface area contributed by atoms with Crippen LogP contribution in [0.5, 0.6) is 0 Å². The first-order chi connectivity index (χ1) is 13.4. The molecule has 154 valence electrons. The van der Waals surface area contributed by atoms with E-state index < -0.39 is 67.5 Å². The Morgan fingerprint density at radius 2 is 1.57 bits per heavy atom. The zero-order chi connectivity index (χ0) is 20.8. The average molecular weight is 399 g/mol. The van der Waals surface area contributed by atoms with Crippen molar-refractivity contribution in [1.82, 2.24) is 0 Å². The van der Waals surface area contributed by atoms with Crippen LogP contribution in [-0.2, 0) is 9.47 Å². The summed E-state index contributed by atoms with van der Waals surface area (Å²) >= 11 is 0. The molecule has 0 aromatic rings. The first-order valence-corrected chi connectivity index (χ1v) is 8.48. The van der Waals surface area contributed by atoms with Gasteiger partial charge in [0.1, 0.15) is 12.2 Å². The van der Waals surface area contributed by atoms with Crippen LogP contribution in [0.25, 0.3) is 31.3 Å². The minimum absolute atomic E-state index is 0.0997. The molecule has 0 amide bonds. The predicted molar refractivity (Wildman–Crippen MR) is 91.2 cm³/mol. The Morgan fingerprint density at radius 3 is 2.14 bits per heavy atom. The maximum Gasteiger partial charge on any atom is 0.167 e. The summed E-state index contributed by atoms with van der Waals surface area (Å²) in [5.74, 6) is -0.661. The molecule has 15 nitrogen and oxygen atoms in total. The third-order valence-electron chi connectivity index (χ3n) is 5.05. The van der Waals surface area contributed by atoms with Crippen LogP contribution in [0.4, 0.5) is 0 Å². The van der Waals surface area contributed by atoms with Crippen molar-refractivity contribution in [3.8, 4) is 0 Å². The van der Waals surface area contributed by atoms with E-state index in [-0.39, 0.29) is 6.42 Å². The minimum atomic E-state index is -1.61. The number of hydrogen-bond acceptors (Lipinski definition) is 9. The molecule has 2 aliphatic rings. The van der Waals surface area contributed by atoms with Gasteiger partial charge in [0.15, 0.2) is 6.29 Å². The van der Waals surface area contributed by atoms with Gasteiger partial charge in [0, 0.05) is 14.7 Å². The smallest absolute Gasteiger partial charge is 0.167 e. The van der Waals surface area contributed by atoms with Crippen molar-refractivity contribution in [3.63, 3.8) is 0 Å². The van der Waals surface area contributed by atoms with Crippen molar-refractivity contribution >= 4 is 0 Å². The lowest BCUT2D eigenvalue weighted by atomic mass is 9.84.